The van der Waals surface area contributed by atoms with Gasteiger partial charge >= 0.3 is 0 Å². The van der Waals surface area contributed by atoms with Crippen molar-refractivity contribution in [1.29, 1.82) is 0 Å². The van der Waals surface area contributed by atoms with Crippen LogP contribution < -0.4 is 5.32 Å². The van der Waals surface area contributed by atoms with Gasteiger partial charge in [0.1, 0.15) is 11.5 Å². The van der Waals surface area contributed by atoms with Crippen molar-refractivity contribution in [2.24, 2.45) is 0 Å². The van der Waals surface area contributed by atoms with E-state index in [-0.39, 0.29) is 5.82 Å². The summed E-state index contributed by atoms with van der Waals surface area (Å²) in [5.41, 5.74) is 4.42. The average molecular weight is 283 g/mol. The largest absolute Gasteiger partial charge is 0.307 e. The molecular formula is C17H18FN3. The van der Waals surface area contributed by atoms with E-state index in [1.807, 2.05) is 47.1 Å². The molecule has 0 aliphatic carbocycles. The molecule has 3 nitrogen and oxygen atoms in total. The lowest BCUT2D eigenvalue weighted by molar-refractivity contribution is 0.605. The molecular weight excluding hydrogens is 265 g/mol. The van der Waals surface area contributed by atoms with Crippen LogP contribution in [0.3, 0.4) is 0 Å². The zero-order chi connectivity index (χ0) is 14.8. The highest BCUT2D eigenvalue weighted by atomic mass is 19.1. The summed E-state index contributed by atoms with van der Waals surface area (Å²) in [6.45, 7) is 4.99. The van der Waals surface area contributed by atoms with E-state index in [9.17, 15) is 4.39 Å². The molecule has 3 rings (SSSR count). The third-order valence-electron chi connectivity index (χ3n) is 3.55. The van der Waals surface area contributed by atoms with Crippen molar-refractivity contribution in [3.05, 3.63) is 70.9 Å². The molecule has 0 spiro atoms. The van der Waals surface area contributed by atoms with E-state index in [2.05, 4.69) is 10.3 Å². The summed E-state index contributed by atoms with van der Waals surface area (Å²) >= 11 is 0. The Morgan fingerprint density at radius 1 is 1.14 bits per heavy atom. The first kappa shape index (κ1) is 13.8. The van der Waals surface area contributed by atoms with Gasteiger partial charge in [-0.25, -0.2) is 9.37 Å². The molecule has 0 aliphatic rings. The number of aryl methyl sites for hydroxylation is 2. The number of halogens is 1. The fourth-order valence-corrected chi connectivity index (χ4v) is 2.54. The maximum atomic E-state index is 13.6. The fourth-order valence-electron chi connectivity index (χ4n) is 2.54. The third-order valence-corrected chi connectivity index (χ3v) is 3.55. The number of aromatic nitrogens is 2. The van der Waals surface area contributed by atoms with Crippen molar-refractivity contribution in [2.75, 3.05) is 0 Å². The van der Waals surface area contributed by atoms with Crippen LogP contribution in [0, 0.1) is 19.7 Å². The van der Waals surface area contributed by atoms with Crippen molar-refractivity contribution < 1.29 is 4.39 Å². The minimum absolute atomic E-state index is 0.112. The first-order chi connectivity index (χ1) is 10.1. The van der Waals surface area contributed by atoms with Gasteiger partial charge in [0.25, 0.3) is 0 Å². The highest BCUT2D eigenvalue weighted by Crippen LogP contribution is 2.14. The molecule has 0 amide bonds. The topological polar surface area (TPSA) is 29.3 Å². The van der Waals surface area contributed by atoms with Gasteiger partial charge in [-0.3, -0.25) is 0 Å². The van der Waals surface area contributed by atoms with Crippen LogP contribution in [0.25, 0.3) is 5.65 Å². The van der Waals surface area contributed by atoms with E-state index in [0.717, 1.165) is 16.9 Å². The molecule has 2 aromatic heterocycles. The molecule has 0 fully saturated rings. The lowest BCUT2D eigenvalue weighted by atomic mass is 10.1. The van der Waals surface area contributed by atoms with Crippen molar-refractivity contribution in [2.45, 2.75) is 26.9 Å². The standard InChI is InChI=1S/C17H18FN3/c1-12-7-14(8-13(2)17(12)18)9-19-10-15-11-21-6-4-3-5-16(21)20-15/h3-8,11,19H,9-10H2,1-2H3. The van der Waals surface area contributed by atoms with Gasteiger partial charge in [-0.05, 0) is 42.7 Å². The van der Waals surface area contributed by atoms with Crippen molar-refractivity contribution in [1.82, 2.24) is 14.7 Å². The summed E-state index contributed by atoms with van der Waals surface area (Å²) in [6, 6.07) is 9.72. The van der Waals surface area contributed by atoms with Gasteiger partial charge in [-0.15, -0.1) is 0 Å². The molecule has 0 radical (unpaired) electrons. The Balaban J connectivity index is 1.66. The molecule has 0 saturated carbocycles. The van der Waals surface area contributed by atoms with E-state index in [1.54, 1.807) is 13.8 Å². The normalized spacial score (nSPS) is 11.2. The zero-order valence-electron chi connectivity index (χ0n) is 12.2. The first-order valence-electron chi connectivity index (χ1n) is 7.02. The van der Waals surface area contributed by atoms with Crippen LogP contribution in [-0.4, -0.2) is 9.38 Å². The Bertz CT molecular complexity index is 721. The highest BCUT2D eigenvalue weighted by molar-refractivity contribution is 5.39. The number of rotatable bonds is 4. The number of hydrogen-bond donors (Lipinski definition) is 1. The molecule has 0 atom stereocenters. The second-order valence-corrected chi connectivity index (χ2v) is 5.35. The van der Waals surface area contributed by atoms with Crippen molar-refractivity contribution >= 4 is 5.65 Å². The van der Waals surface area contributed by atoms with E-state index in [4.69, 9.17) is 0 Å². The minimum Gasteiger partial charge on any atom is -0.307 e. The predicted octanol–water partition coefficient (Wildman–Crippen LogP) is 3.38. The van der Waals surface area contributed by atoms with E-state index in [1.165, 1.54) is 0 Å². The second kappa shape index (κ2) is 5.66. The number of imidazole rings is 1. The molecule has 0 saturated heterocycles. The quantitative estimate of drug-likeness (QED) is 0.795. The fraction of sp³-hybridized carbons (Fsp3) is 0.235. The maximum absolute atomic E-state index is 13.6. The monoisotopic (exact) mass is 283 g/mol. The van der Waals surface area contributed by atoms with Gasteiger partial charge < -0.3 is 9.72 Å². The highest BCUT2D eigenvalue weighted by Gasteiger charge is 2.05. The lowest BCUT2D eigenvalue weighted by Crippen LogP contribution is -2.13. The van der Waals surface area contributed by atoms with Gasteiger partial charge in [0.15, 0.2) is 0 Å². The first-order valence-corrected chi connectivity index (χ1v) is 7.02. The number of hydrogen-bond acceptors (Lipinski definition) is 2. The Kier molecular flexibility index (Phi) is 3.71. The number of fused-ring (bicyclic) bond motifs is 1. The number of nitrogens with zero attached hydrogens (tertiary/aromatic N) is 2. The molecule has 108 valence electrons. The maximum Gasteiger partial charge on any atom is 0.137 e. The minimum atomic E-state index is -0.112. The Morgan fingerprint density at radius 2 is 1.90 bits per heavy atom. The lowest BCUT2D eigenvalue weighted by Gasteiger charge is -2.07. The molecule has 1 aromatic carbocycles. The summed E-state index contributed by atoms with van der Waals surface area (Å²) in [7, 11) is 0. The summed E-state index contributed by atoms with van der Waals surface area (Å²) in [5, 5.41) is 3.35. The second-order valence-electron chi connectivity index (χ2n) is 5.35. The van der Waals surface area contributed by atoms with Gasteiger partial charge in [-0.1, -0.05) is 18.2 Å². The van der Waals surface area contributed by atoms with Crippen LogP contribution in [0.2, 0.25) is 0 Å². The van der Waals surface area contributed by atoms with Crippen LogP contribution in [0.1, 0.15) is 22.4 Å². The Labute approximate surface area is 123 Å². The third kappa shape index (κ3) is 2.95. The summed E-state index contributed by atoms with van der Waals surface area (Å²) < 4.78 is 15.6. The van der Waals surface area contributed by atoms with Crippen LogP contribution in [0.5, 0.6) is 0 Å². The van der Waals surface area contributed by atoms with E-state index >= 15 is 0 Å². The molecule has 4 heteroatoms. The molecule has 0 bridgehead atoms. The van der Waals surface area contributed by atoms with Gasteiger partial charge in [0.2, 0.25) is 0 Å². The molecule has 0 aliphatic heterocycles. The number of nitrogens with one attached hydrogen (secondary N) is 1. The molecule has 1 N–H and O–H groups in total. The molecule has 2 heterocycles. The van der Waals surface area contributed by atoms with Gasteiger partial charge in [0.05, 0.1) is 5.69 Å². The smallest absolute Gasteiger partial charge is 0.137 e. The molecule has 21 heavy (non-hydrogen) atoms. The SMILES string of the molecule is Cc1cc(CNCc2cn3ccccc3n2)cc(C)c1F. The van der Waals surface area contributed by atoms with Crippen LogP contribution in [-0.2, 0) is 13.1 Å². The van der Waals surface area contributed by atoms with E-state index < -0.39 is 0 Å². The Hall–Kier alpha value is -2.20. The van der Waals surface area contributed by atoms with Crippen LogP contribution >= 0.6 is 0 Å². The average Bonchev–Trinajstić information content (AvgIpc) is 2.87. The van der Waals surface area contributed by atoms with Crippen molar-refractivity contribution in [3.63, 3.8) is 0 Å². The van der Waals surface area contributed by atoms with Crippen molar-refractivity contribution in [3.8, 4) is 0 Å². The summed E-state index contributed by atoms with van der Waals surface area (Å²) in [5.74, 6) is -0.112. The van der Waals surface area contributed by atoms with Crippen LogP contribution in [0.4, 0.5) is 4.39 Å². The molecule has 3 aromatic rings. The summed E-state index contributed by atoms with van der Waals surface area (Å²) in [4.78, 5) is 4.53. The Morgan fingerprint density at radius 3 is 2.62 bits per heavy atom. The zero-order valence-corrected chi connectivity index (χ0v) is 12.2. The predicted molar refractivity (Wildman–Crippen MR) is 81.6 cm³/mol. The number of pyridine rings is 1. The van der Waals surface area contributed by atoms with Gasteiger partial charge in [-0.2, -0.15) is 0 Å². The molecule has 0 unspecified atom stereocenters. The van der Waals surface area contributed by atoms with Gasteiger partial charge in [0, 0.05) is 25.5 Å². The van der Waals surface area contributed by atoms with Crippen LogP contribution in [0.15, 0.2) is 42.7 Å². The number of benzene rings is 1. The van der Waals surface area contributed by atoms with E-state index in [0.29, 0.717) is 24.2 Å². The summed E-state index contributed by atoms with van der Waals surface area (Å²) in [6.07, 6.45) is 4.00.